The molecule has 0 bridgehead atoms. The lowest BCUT2D eigenvalue weighted by atomic mass is 10.1. The van der Waals surface area contributed by atoms with Gasteiger partial charge in [-0.15, -0.1) is 0 Å². The molecule has 2 nitrogen and oxygen atoms in total. The zero-order chi connectivity index (χ0) is 9.40. The van der Waals surface area contributed by atoms with E-state index in [1.54, 1.807) is 0 Å². The number of hydrogen-bond acceptors (Lipinski definition) is 2. The van der Waals surface area contributed by atoms with Gasteiger partial charge in [0.05, 0.1) is 12.2 Å². The van der Waals surface area contributed by atoms with E-state index in [4.69, 9.17) is 0 Å². The Labute approximate surface area is 101 Å². The van der Waals surface area contributed by atoms with E-state index >= 15 is 0 Å². The Balaban J connectivity index is 3.10. The molecular weight excluding hydrogens is 382 g/mol. The monoisotopic (exact) mass is 398 g/mol. The molecule has 0 fully saturated rings. The minimum Gasteiger partial charge on any atom is -0.392 e. The fourth-order valence-electron chi connectivity index (χ4n) is 0.914. The number of alkyl halides is 2. The maximum Gasteiger partial charge on any atom is 0.0629 e. The molecule has 2 atom stereocenters. The van der Waals surface area contributed by atoms with Gasteiger partial charge in [0, 0.05) is 8.86 Å². The minimum absolute atomic E-state index is 0.151. The number of unbranched alkanes of at least 4 members (excludes halogenated alkanes) is 1. The van der Waals surface area contributed by atoms with E-state index in [1.165, 1.54) is 0 Å². The molecule has 0 rings (SSSR count). The lowest BCUT2D eigenvalue weighted by Gasteiger charge is -2.08. The van der Waals surface area contributed by atoms with Gasteiger partial charge in [0.2, 0.25) is 0 Å². The molecule has 0 aromatic rings. The maximum absolute atomic E-state index is 9.21. The number of halogens is 2. The van der Waals surface area contributed by atoms with Crippen LogP contribution in [0, 0.1) is 0 Å². The van der Waals surface area contributed by atoms with Crippen LogP contribution in [-0.4, -0.2) is 31.3 Å². The first kappa shape index (κ1) is 13.4. The summed E-state index contributed by atoms with van der Waals surface area (Å²) in [6.07, 6.45) is 3.49. The third-order valence-corrected chi connectivity index (χ3v) is 3.71. The predicted octanol–water partition coefficient (Wildman–Crippen LogP) is 2.14. The van der Waals surface area contributed by atoms with Crippen molar-refractivity contribution in [3.8, 4) is 0 Å². The van der Waals surface area contributed by atoms with E-state index in [0.717, 1.165) is 34.5 Å². The molecule has 0 spiro atoms. The van der Waals surface area contributed by atoms with Crippen LogP contribution in [0.3, 0.4) is 0 Å². The second kappa shape index (κ2) is 8.96. The van der Waals surface area contributed by atoms with E-state index < -0.39 is 0 Å². The summed E-state index contributed by atoms with van der Waals surface area (Å²) in [6, 6.07) is 0. The summed E-state index contributed by atoms with van der Waals surface area (Å²) in [4.78, 5) is 0. The van der Waals surface area contributed by atoms with Gasteiger partial charge in [-0.05, 0) is 12.8 Å². The largest absolute Gasteiger partial charge is 0.392 e. The van der Waals surface area contributed by atoms with Gasteiger partial charge >= 0.3 is 0 Å². The molecule has 0 amide bonds. The summed E-state index contributed by atoms with van der Waals surface area (Å²) < 4.78 is 1.62. The molecule has 0 radical (unpaired) electrons. The van der Waals surface area contributed by atoms with Crippen molar-refractivity contribution in [2.24, 2.45) is 0 Å². The van der Waals surface area contributed by atoms with Gasteiger partial charge < -0.3 is 10.2 Å². The molecule has 0 aliphatic carbocycles. The van der Waals surface area contributed by atoms with E-state index in [-0.39, 0.29) is 12.2 Å². The molecule has 0 saturated heterocycles. The molecule has 0 aromatic carbocycles. The molecule has 0 aliphatic heterocycles. The van der Waals surface area contributed by atoms with Crippen molar-refractivity contribution in [1.29, 1.82) is 0 Å². The molecule has 74 valence electrons. The first-order valence-corrected chi connectivity index (χ1v) is 7.24. The average molecular weight is 398 g/mol. The molecule has 4 heteroatoms. The Morgan fingerprint density at radius 3 is 1.42 bits per heavy atom. The second-order valence-corrected chi connectivity index (χ2v) is 4.66. The van der Waals surface area contributed by atoms with Crippen LogP contribution in [0.2, 0.25) is 0 Å². The topological polar surface area (TPSA) is 40.5 Å². The minimum atomic E-state index is -0.151. The van der Waals surface area contributed by atoms with Gasteiger partial charge in [-0.25, -0.2) is 0 Å². The second-order valence-electron chi connectivity index (χ2n) is 2.90. The quantitative estimate of drug-likeness (QED) is 0.392. The van der Waals surface area contributed by atoms with E-state index in [2.05, 4.69) is 45.2 Å². The summed E-state index contributed by atoms with van der Waals surface area (Å²) in [5, 5.41) is 18.4. The predicted molar refractivity (Wildman–Crippen MR) is 68.3 cm³/mol. The standard InChI is InChI=1S/C8H16I2O2/c9-5-7(11)3-1-2-4-8(12)6-10/h7-8,11-12H,1-6H2. The van der Waals surface area contributed by atoms with E-state index in [0.29, 0.717) is 0 Å². The van der Waals surface area contributed by atoms with Crippen LogP contribution in [0.25, 0.3) is 0 Å². The van der Waals surface area contributed by atoms with Crippen LogP contribution >= 0.6 is 45.2 Å². The first-order valence-electron chi connectivity index (χ1n) is 4.18. The van der Waals surface area contributed by atoms with Crippen molar-refractivity contribution >= 4 is 45.2 Å². The van der Waals surface area contributed by atoms with Crippen molar-refractivity contribution in [2.45, 2.75) is 37.9 Å². The highest BCUT2D eigenvalue weighted by Gasteiger charge is 2.03. The summed E-state index contributed by atoms with van der Waals surface area (Å²) in [5.41, 5.74) is 0. The number of aliphatic hydroxyl groups excluding tert-OH is 2. The Kier molecular flexibility index (Phi) is 9.99. The first-order chi connectivity index (χ1) is 5.70. The molecule has 0 heterocycles. The van der Waals surface area contributed by atoms with E-state index in [1.807, 2.05) is 0 Å². The van der Waals surface area contributed by atoms with Gasteiger partial charge in [0.15, 0.2) is 0 Å². The summed E-state index contributed by atoms with van der Waals surface area (Å²) in [7, 11) is 0. The lowest BCUT2D eigenvalue weighted by Crippen LogP contribution is -2.10. The van der Waals surface area contributed by atoms with Crippen LogP contribution < -0.4 is 0 Å². The molecule has 0 aromatic heterocycles. The summed E-state index contributed by atoms with van der Waals surface area (Å²) in [6.45, 7) is 0. The molecule has 0 saturated carbocycles. The van der Waals surface area contributed by atoms with Crippen molar-refractivity contribution in [2.75, 3.05) is 8.86 Å². The van der Waals surface area contributed by atoms with Crippen molar-refractivity contribution in [3.63, 3.8) is 0 Å². The fraction of sp³-hybridized carbons (Fsp3) is 1.00. The lowest BCUT2D eigenvalue weighted by molar-refractivity contribution is 0.171. The van der Waals surface area contributed by atoms with E-state index in [9.17, 15) is 10.2 Å². The Hall–Kier alpha value is 1.38. The van der Waals surface area contributed by atoms with Gasteiger partial charge in [-0.2, -0.15) is 0 Å². The zero-order valence-corrected chi connectivity index (χ0v) is 11.4. The highest BCUT2D eigenvalue weighted by molar-refractivity contribution is 14.1. The van der Waals surface area contributed by atoms with Crippen LogP contribution in [0.5, 0.6) is 0 Å². The summed E-state index contributed by atoms with van der Waals surface area (Å²) in [5.74, 6) is 0. The van der Waals surface area contributed by atoms with Gasteiger partial charge in [-0.1, -0.05) is 58.0 Å². The highest BCUT2D eigenvalue weighted by atomic mass is 127. The number of rotatable bonds is 7. The number of hydrogen-bond donors (Lipinski definition) is 2. The Bertz CT molecular complexity index is 89.1. The van der Waals surface area contributed by atoms with Gasteiger partial charge in [0.25, 0.3) is 0 Å². The SMILES string of the molecule is OC(CI)CCCCC(O)CI. The molecular formula is C8H16I2O2. The third kappa shape index (κ3) is 8.00. The van der Waals surface area contributed by atoms with Crippen molar-refractivity contribution in [1.82, 2.24) is 0 Å². The van der Waals surface area contributed by atoms with Gasteiger partial charge in [0.1, 0.15) is 0 Å². The highest BCUT2D eigenvalue weighted by Crippen LogP contribution is 2.08. The van der Waals surface area contributed by atoms with Crippen LogP contribution in [0.1, 0.15) is 25.7 Å². The molecule has 0 aliphatic rings. The normalized spacial score (nSPS) is 16.0. The summed E-state index contributed by atoms with van der Waals surface area (Å²) >= 11 is 4.37. The van der Waals surface area contributed by atoms with Crippen molar-refractivity contribution < 1.29 is 10.2 Å². The van der Waals surface area contributed by atoms with Crippen LogP contribution in [-0.2, 0) is 0 Å². The maximum atomic E-state index is 9.21. The fourth-order valence-corrected chi connectivity index (χ4v) is 1.80. The molecule has 12 heavy (non-hydrogen) atoms. The third-order valence-electron chi connectivity index (χ3n) is 1.68. The van der Waals surface area contributed by atoms with Gasteiger partial charge in [-0.3, -0.25) is 0 Å². The molecule has 2 N–H and O–H groups in total. The average Bonchev–Trinajstić information content (AvgIpc) is 2.11. The number of aliphatic hydroxyl groups is 2. The van der Waals surface area contributed by atoms with Crippen LogP contribution in [0.4, 0.5) is 0 Å². The Morgan fingerprint density at radius 1 is 0.833 bits per heavy atom. The Morgan fingerprint density at radius 2 is 1.17 bits per heavy atom. The smallest absolute Gasteiger partial charge is 0.0629 e. The zero-order valence-electron chi connectivity index (χ0n) is 7.05. The molecule has 2 unspecified atom stereocenters. The van der Waals surface area contributed by atoms with Crippen LogP contribution in [0.15, 0.2) is 0 Å². The van der Waals surface area contributed by atoms with Crippen molar-refractivity contribution in [3.05, 3.63) is 0 Å².